The van der Waals surface area contributed by atoms with E-state index in [2.05, 4.69) is 44.8 Å². The normalized spacial score (nSPS) is 15.4. The number of anilines is 3. The second-order valence-electron chi connectivity index (χ2n) is 6.93. The molecule has 1 amide bonds. The van der Waals surface area contributed by atoms with E-state index in [0.29, 0.717) is 5.69 Å². The van der Waals surface area contributed by atoms with Crippen LogP contribution in [-0.2, 0) is 0 Å². The van der Waals surface area contributed by atoms with E-state index < -0.39 is 0 Å². The summed E-state index contributed by atoms with van der Waals surface area (Å²) in [6.45, 7) is 6.33. The van der Waals surface area contributed by atoms with Crippen molar-refractivity contribution in [2.24, 2.45) is 0 Å². The van der Waals surface area contributed by atoms with Crippen LogP contribution in [0.3, 0.4) is 0 Å². The van der Waals surface area contributed by atoms with Crippen LogP contribution in [0.2, 0.25) is 0 Å². The maximum Gasteiger partial charge on any atom is 0.270 e. The van der Waals surface area contributed by atoms with Crippen LogP contribution in [0.25, 0.3) is 0 Å². The minimum Gasteiger partial charge on any atom is -0.372 e. The standard InChI is InChI=1S/C21H28N4O/c1-3-16(2)23-21(26)20-12-9-18(15-22-20)24-17-7-10-19(11-8-17)25-13-5-4-6-14-25/h7-12,15-16,24H,3-6,13-14H2,1-2H3,(H,23,26). The fourth-order valence-corrected chi connectivity index (χ4v) is 3.08. The SMILES string of the molecule is CCC(C)NC(=O)c1ccc(Nc2ccc(N3CCCCC3)cc2)cn1. The Kier molecular flexibility index (Phi) is 6.10. The average molecular weight is 352 g/mol. The van der Waals surface area contributed by atoms with Crippen molar-refractivity contribution >= 4 is 23.0 Å². The Morgan fingerprint density at radius 3 is 2.38 bits per heavy atom. The molecule has 1 atom stereocenters. The highest BCUT2D eigenvalue weighted by atomic mass is 16.1. The van der Waals surface area contributed by atoms with Crippen molar-refractivity contribution < 1.29 is 4.79 Å². The number of amides is 1. The van der Waals surface area contributed by atoms with Crippen LogP contribution in [0, 0.1) is 0 Å². The Morgan fingerprint density at radius 2 is 1.77 bits per heavy atom. The molecule has 1 fully saturated rings. The third-order valence-electron chi connectivity index (χ3n) is 4.86. The summed E-state index contributed by atoms with van der Waals surface area (Å²) in [6.07, 6.45) is 6.50. The van der Waals surface area contributed by atoms with Gasteiger partial charge in [-0.3, -0.25) is 4.79 Å². The lowest BCUT2D eigenvalue weighted by Gasteiger charge is -2.28. The minimum atomic E-state index is -0.128. The van der Waals surface area contributed by atoms with Gasteiger partial charge in [-0.1, -0.05) is 6.92 Å². The molecule has 1 saturated heterocycles. The largest absolute Gasteiger partial charge is 0.372 e. The fourth-order valence-electron chi connectivity index (χ4n) is 3.08. The summed E-state index contributed by atoms with van der Waals surface area (Å²) in [6, 6.07) is 12.3. The number of carbonyl (C=O) groups excluding carboxylic acids is 1. The van der Waals surface area contributed by atoms with Gasteiger partial charge < -0.3 is 15.5 Å². The molecule has 1 aromatic heterocycles. The molecule has 0 saturated carbocycles. The highest BCUT2D eigenvalue weighted by molar-refractivity contribution is 5.92. The van der Waals surface area contributed by atoms with Gasteiger partial charge in [0.05, 0.1) is 11.9 Å². The Morgan fingerprint density at radius 1 is 1.08 bits per heavy atom. The van der Waals surface area contributed by atoms with E-state index in [1.54, 1.807) is 12.3 Å². The van der Waals surface area contributed by atoms with Gasteiger partial charge in [0.25, 0.3) is 5.91 Å². The summed E-state index contributed by atoms with van der Waals surface area (Å²) in [4.78, 5) is 18.8. The number of hydrogen-bond acceptors (Lipinski definition) is 4. The summed E-state index contributed by atoms with van der Waals surface area (Å²) < 4.78 is 0. The molecule has 3 rings (SSSR count). The molecule has 5 nitrogen and oxygen atoms in total. The molecule has 0 aliphatic carbocycles. The van der Waals surface area contributed by atoms with Gasteiger partial charge in [-0.05, 0) is 69.0 Å². The van der Waals surface area contributed by atoms with Crippen LogP contribution < -0.4 is 15.5 Å². The van der Waals surface area contributed by atoms with Crippen molar-refractivity contribution in [1.82, 2.24) is 10.3 Å². The van der Waals surface area contributed by atoms with E-state index in [1.807, 2.05) is 19.9 Å². The highest BCUT2D eigenvalue weighted by Crippen LogP contribution is 2.23. The number of rotatable bonds is 6. The van der Waals surface area contributed by atoms with E-state index >= 15 is 0 Å². The Bertz CT molecular complexity index is 706. The van der Waals surface area contributed by atoms with Gasteiger partial charge in [-0.2, -0.15) is 0 Å². The molecule has 138 valence electrons. The molecule has 2 heterocycles. The Hall–Kier alpha value is -2.56. The van der Waals surface area contributed by atoms with Gasteiger partial charge in [0.15, 0.2) is 0 Å². The zero-order valence-corrected chi connectivity index (χ0v) is 15.7. The number of piperidine rings is 1. The topological polar surface area (TPSA) is 57.3 Å². The van der Waals surface area contributed by atoms with Gasteiger partial charge in [-0.25, -0.2) is 4.98 Å². The van der Waals surface area contributed by atoms with Gasteiger partial charge >= 0.3 is 0 Å². The molecule has 26 heavy (non-hydrogen) atoms. The maximum absolute atomic E-state index is 12.1. The Balaban J connectivity index is 1.59. The van der Waals surface area contributed by atoms with Crippen LogP contribution >= 0.6 is 0 Å². The van der Waals surface area contributed by atoms with E-state index in [0.717, 1.165) is 30.9 Å². The summed E-state index contributed by atoms with van der Waals surface area (Å²) >= 11 is 0. The number of hydrogen-bond donors (Lipinski definition) is 2. The van der Waals surface area contributed by atoms with Crippen molar-refractivity contribution in [3.05, 3.63) is 48.3 Å². The van der Waals surface area contributed by atoms with Crippen molar-refractivity contribution in [2.75, 3.05) is 23.3 Å². The van der Waals surface area contributed by atoms with Crippen molar-refractivity contribution in [2.45, 2.75) is 45.6 Å². The minimum absolute atomic E-state index is 0.128. The number of carbonyl (C=O) groups is 1. The maximum atomic E-state index is 12.1. The molecular formula is C21H28N4O. The van der Waals surface area contributed by atoms with Crippen LogP contribution in [0.5, 0.6) is 0 Å². The fraction of sp³-hybridized carbons (Fsp3) is 0.429. The van der Waals surface area contributed by atoms with Crippen molar-refractivity contribution in [3.8, 4) is 0 Å². The quantitative estimate of drug-likeness (QED) is 0.812. The smallest absolute Gasteiger partial charge is 0.270 e. The zero-order valence-electron chi connectivity index (χ0n) is 15.7. The second kappa shape index (κ2) is 8.70. The second-order valence-corrected chi connectivity index (χ2v) is 6.93. The number of nitrogens with zero attached hydrogens (tertiary/aromatic N) is 2. The summed E-state index contributed by atoms with van der Waals surface area (Å²) in [5, 5.41) is 6.27. The predicted molar refractivity (Wildman–Crippen MR) is 107 cm³/mol. The first-order valence-corrected chi connectivity index (χ1v) is 9.54. The van der Waals surface area contributed by atoms with E-state index in [1.165, 1.54) is 24.9 Å². The molecule has 1 aromatic carbocycles. The van der Waals surface area contributed by atoms with Crippen LogP contribution in [-0.4, -0.2) is 30.0 Å². The molecule has 1 unspecified atom stereocenters. The zero-order chi connectivity index (χ0) is 18.4. The molecule has 5 heteroatoms. The molecule has 2 N–H and O–H groups in total. The predicted octanol–water partition coefficient (Wildman–Crippen LogP) is 4.34. The number of aromatic nitrogens is 1. The van der Waals surface area contributed by atoms with Gasteiger partial charge in [0, 0.05) is 30.5 Å². The lowest BCUT2D eigenvalue weighted by molar-refractivity contribution is 0.0934. The summed E-state index contributed by atoms with van der Waals surface area (Å²) in [7, 11) is 0. The molecule has 0 bridgehead atoms. The third-order valence-corrected chi connectivity index (χ3v) is 4.86. The first-order valence-electron chi connectivity index (χ1n) is 9.54. The lowest BCUT2D eigenvalue weighted by Crippen LogP contribution is -2.32. The molecule has 1 aliphatic heterocycles. The average Bonchev–Trinajstić information content (AvgIpc) is 2.69. The van der Waals surface area contributed by atoms with Crippen molar-refractivity contribution in [1.29, 1.82) is 0 Å². The van der Waals surface area contributed by atoms with Crippen LogP contribution in [0.4, 0.5) is 17.1 Å². The molecule has 0 radical (unpaired) electrons. The molecule has 2 aromatic rings. The molecular weight excluding hydrogens is 324 g/mol. The third kappa shape index (κ3) is 4.75. The number of pyridine rings is 1. The first-order chi connectivity index (χ1) is 12.7. The molecule has 1 aliphatic rings. The van der Waals surface area contributed by atoms with Crippen molar-refractivity contribution in [3.63, 3.8) is 0 Å². The summed E-state index contributed by atoms with van der Waals surface area (Å²) in [5.41, 5.74) is 3.61. The number of benzene rings is 1. The summed E-state index contributed by atoms with van der Waals surface area (Å²) in [5.74, 6) is -0.128. The monoisotopic (exact) mass is 352 g/mol. The van der Waals surface area contributed by atoms with E-state index in [4.69, 9.17) is 0 Å². The molecule has 0 spiro atoms. The Labute approximate surface area is 155 Å². The van der Waals surface area contributed by atoms with Crippen LogP contribution in [0.15, 0.2) is 42.6 Å². The van der Waals surface area contributed by atoms with Gasteiger partial charge in [0.2, 0.25) is 0 Å². The highest BCUT2D eigenvalue weighted by Gasteiger charge is 2.11. The van der Waals surface area contributed by atoms with Crippen LogP contribution in [0.1, 0.15) is 50.0 Å². The van der Waals surface area contributed by atoms with E-state index in [-0.39, 0.29) is 11.9 Å². The number of nitrogens with one attached hydrogen (secondary N) is 2. The van der Waals surface area contributed by atoms with Gasteiger partial charge in [0.1, 0.15) is 5.69 Å². The van der Waals surface area contributed by atoms with E-state index in [9.17, 15) is 4.79 Å². The van der Waals surface area contributed by atoms with Gasteiger partial charge in [-0.15, -0.1) is 0 Å². The first kappa shape index (κ1) is 18.2. The lowest BCUT2D eigenvalue weighted by atomic mass is 10.1.